The number of carbonyl (C=O) groups excluding carboxylic acids is 2. The Labute approximate surface area is 162 Å². The van der Waals surface area contributed by atoms with Gasteiger partial charge in [0, 0.05) is 51.9 Å². The molecule has 3 rings (SSSR count). The Bertz CT molecular complexity index is 653. The van der Waals surface area contributed by atoms with E-state index in [1.807, 2.05) is 61.3 Å². The predicted molar refractivity (Wildman–Crippen MR) is 108 cm³/mol. The molecule has 0 N–H and O–H groups in total. The first-order chi connectivity index (χ1) is 12.9. The van der Waals surface area contributed by atoms with Crippen LogP contribution in [0.25, 0.3) is 0 Å². The van der Waals surface area contributed by atoms with Crippen LogP contribution in [0.3, 0.4) is 0 Å². The fourth-order valence-electron chi connectivity index (χ4n) is 4.18. The van der Waals surface area contributed by atoms with Gasteiger partial charge in [0.2, 0.25) is 5.91 Å². The predicted octanol–water partition coefficient (Wildman–Crippen LogP) is 2.51. The second-order valence-corrected chi connectivity index (χ2v) is 8.28. The Balaban J connectivity index is 1.57. The van der Waals surface area contributed by atoms with Crippen molar-refractivity contribution in [2.45, 2.75) is 25.7 Å². The van der Waals surface area contributed by atoms with Crippen LogP contribution in [0.4, 0.5) is 10.5 Å². The number of nitrogens with zero attached hydrogens (tertiary/aromatic N) is 4. The number of benzene rings is 1. The van der Waals surface area contributed by atoms with Crippen molar-refractivity contribution in [1.29, 1.82) is 0 Å². The molecular weight excluding hydrogens is 340 g/mol. The van der Waals surface area contributed by atoms with E-state index in [0.717, 1.165) is 57.7 Å². The molecule has 0 saturated carbocycles. The highest BCUT2D eigenvalue weighted by molar-refractivity contribution is 5.91. The first-order valence-electron chi connectivity index (χ1n) is 9.90. The number of likely N-dealkylation sites (tertiary alicyclic amines) is 2. The fraction of sp³-hybridized carbons (Fsp3) is 0.619. The van der Waals surface area contributed by atoms with Gasteiger partial charge in [0.15, 0.2) is 0 Å². The number of anilines is 1. The molecule has 2 saturated heterocycles. The number of carbonyl (C=O) groups is 2. The lowest BCUT2D eigenvalue weighted by Crippen LogP contribution is -2.54. The molecule has 2 aliphatic heterocycles. The first kappa shape index (κ1) is 19.7. The van der Waals surface area contributed by atoms with Gasteiger partial charge in [0.1, 0.15) is 0 Å². The number of para-hydroxylation sites is 1. The molecule has 2 heterocycles. The Morgan fingerprint density at radius 3 is 2.37 bits per heavy atom. The number of piperidine rings is 2. The lowest BCUT2D eigenvalue weighted by atomic mass is 9.72. The van der Waals surface area contributed by atoms with Crippen molar-refractivity contribution in [1.82, 2.24) is 14.7 Å². The van der Waals surface area contributed by atoms with Gasteiger partial charge in [-0.05, 0) is 50.9 Å². The molecule has 0 aliphatic carbocycles. The molecule has 2 aliphatic rings. The molecule has 1 aromatic rings. The van der Waals surface area contributed by atoms with Crippen molar-refractivity contribution < 1.29 is 9.59 Å². The molecule has 0 bridgehead atoms. The Morgan fingerprint density at radius 1 is 1.07 bits per heavy atom. The standard InChI is InChI=1S/C21H32N4O2/c1-22(2)15-16-25-17-21(10-9-19(25)26)11-13-24(14-12-21)20(27)23(3)18-7-5-4-6-8-18/h4-8H,9-17H2,1-3H3. The van der Waals surface area contributed by atoms with Gasteiger partial charge in [-0.25, -0.2) is 4.79 Å². The third kappa shape index (κ3) is 4.61. The van der Waals surface area contributed by atoms with Crippen molar-refractivity contribution in [2.24, 2.45) is 5.41 Å². The molecule has 0 unspecified atom stereocenters. The van der Waals surface area contributed by atoms with Gasteiger partial charge in [-0.2, -0.15) is 0 Å². The molecule has 1 aromatic carbocycles. The number of amides is 3. The second-order valence-electron chi connectivity index (χ2n) is 8.28. The average Bonchev–Trinajstić information content (AvgIpc) is 2.69. The van der Waals surface area contributed by atoms with Crippen LogP contribution in [0.5, 0.6) is 0 Å². The third-order valence-corrected chi connectivity index (χ3v) is 6.09. The summed E-state index contributed by atoms with van der Waals surface area (Å²) in [6.45, 7) is 4.08. The molecule has 2 fully saturated rings. The minimum atomic E-state index is 0.0624. The summed E-state index contributed by atoms with van der Waals surface area (Å²) in [5.74, 6) is 0.282. The topological polar surface area (TPSA) is 47.1 Å². The molecule has 0 atom stereocenters. The Morgan fingerprint density at radius 2 is 1.74 bits per heavy atom. The lowest BCUT2D eigenvalue weighted by Gasteiger charge is -2.48. The van der Waals surface area contributed by atoms with E-state index in [1.165, 1.54) is 0 Å². The highest BCUT2D eigenvalue weighted by Crippen LogP contribution is 2.40. The van der Waals surface area contributed by atoms with Gasteiger partial charge in [0.25, 0.3) is 0 Å². The zero-order valence-electron chi connectivity index (χ0n) is 16.9. The number of rotatable bonds is 4. The van der Waals surface area contributed by atoms with Crippen LogP contribution in [-0.4, -0.2) is 80.5 Å². The molecule has 6 heteroatoms. The van der Waals surface area contributed by atoms with E-state index in [1.54, 1.807) is 4.90 Å². The van der Waals surface area contributed by atoms with Crippen LogP contribution in [0.15, 0.2) is 30.3 Å². The van der Waals surface area contributed by atoms with Gasteiger partial charge in [-0.15, -0.1) is 0 Å². The van der Waals surface area contributed by atoms with E-state index in [0.29, 0.717) is 6.42 Å². The molecule has 0 radical (unpaired) electrons. The minimum Gasteiger partial charge on any atom is -0.341 e. The maximum absolute atomic E-state index is 12.8. The Hall–Kier alpha value is -2.08. The van der Waals surface area contributed by atoms with Crippen LogP contribution in [0.1, 0.15) is 25.7 Å². The monoisotopic (exact) mass is 372 g/mol. The van der Waals surface area contributed by atoms with Gasteiger partial charge < -0.3 is 14.7 Å². The zero-order valence-corrected chi connectivity index (χ0v) is 16.9. The van der Waals surface area contributed by atoms with Crippen LogP contribution in [-0.2, 0) is 4.79 Å². The first-order valence-corrected chi connectivity index (χ1v) is 9.90. The molecular formula is C21H32N4O2. The van der Waals surface area contributed by atoms with Crippen molar-refractivity contribution in [3.63, 3.8) is 0 Å². The van der Waals surface area contributed by atoms with Crippen LogP contribution in [0, 0.1) is 5.41 Å². The van der Waals surface area contributed by atoms with Gasteiger partial charge in [0.05, 0.1) is 0 Å². The Kier molecular flexibility index (Phi) is 6.05. The summed E-state index contributed by atoms with van der Waals surface area (Å²) in [6, 6.07) is 9.83. The van der Waals surface area contributed by atoms with Gasteiger partial charge in [-0.1, -0.05) is 18.2 Å². The van der Waals surface area contributed by atoms with E-state index >= 15 is 0 Å². The van der Waals surface area contributed by atoms with Crippen molar-refractivity contribution in [3.05, 3.63) is 30.3 Å². The summed E-state index contributed by atoms with van der Waals surface area (Å²) in [4.78, 5) is 33.0. The van der Waals surface area contributed by atoms with E-state index in [2.05, 4.69) is 4.90 Å². The number of hydrogen-bond acceptors (Lipinski definition) is 3. The van der Waals surface area contributed by atoms with Crippen molar-refractivity contribution >= 4 is 17.6 Å². The third-order valence-electron chi connectivity index (χ3n) is 6.09. The lowest BCUT2D eigenvalue weighted by molar-refractivity contribution is -0.139. The van der Waals surface area contributed by atoms with Crippen LogP contribution in [0.2, 0.25) is 0 Å². The number of urea groups is 1. The minimum absolute atomic E-state index is 0.0624. The van der Waals surface area contributed by atoms with E-state index in [4.69, 9.17) is 0 Å². The smallest absolute Gasteiger partial charge is 0.324 e. The van der Waals surface area contributed by atoms with E-state index < -0.39 is 0 Å². The normalized spacial score (nSPS) is 19.6. The summed E-state index contributed by atoms with van der Waals surface area (Å²) >= 11 is 0. The number of hydrogen-bond donors (Lipinski definition) is 0. The highest BCUT2D eigenvalue weighted by Gasteiger charge is 2.41. The molecule has 3 amide bonds. The second kappa shape index (κ2) is 8.30. The quantitative estimate of drug-likeness (QED) is 0.816. The maximum atomic E-state index is 12.8. The summed E-state index contributed by atoms with van der Waals surface area (Å²) in [7, 11) is 5.92. The molecule has 0 aromatic heterocycles. The molecule has 6 nitrogen and oxygen atoms in total. The van der Waals surface area contributed by atoms with Gasteiger partial charge in [-0.3, -0.25) is 9.69 Å². The average molecular weight is 373 g/mol. The molecule has 27 heavy (non-hydrogen) atoms. The largest absolute Gasteiger partial charge is 0.341 e. The van der Waals surface area contributed by atoms with Crippen LogP contribution >= 0.6 is 0 Å². The highest BCUT2D eigenvalue weighted by atomic mass is 16.2. The summed E-state index contributed by atoms with van der Waals surface area (Å²) in [6.07, 6.45) is 3.56. The van der Waals surface area contributed by atoms with Gasteiger partial charge >= 0.3 is 6.03 Å². The van der Waals surface area contributed by atoms with E-state index in [-0.39, 0.29) is 17.4 Å². The number of likely N-dealkylation sites (N-methyl/N-ethyl adjacent to an activating group) is 1. The molecule has 1 spiro atoms. The maximum Gasteiger partial charge on any atom is 0.324 e. The SMILES string of the molecule is CN(C)CCN1CC2(CCC1=O)CCN(C(=O)N(C)c1ccccc1)CC2. The molecule has 148 valence electrons. The summed E-state index contributed by atoms with van der Waals surface area (Å²) in [5.41, 5.74) is 1.10. The van der Waals surface area contributed by atoms with Crippen molar-refractivity contribution in [3.8, 4) is 0 Å². The fourth-order valence-corrected chi connectivity index (χ4v) is 4.18. The van der Waals surface area contributed by atoms with Crippen LogP contribution < -0.4 is 4.90 Å². The summed E-state index contributed by atoms with van der Waals surface area (Å²) < 4.78 is 0. The van der Waals surface area contributed by atoms with E-state index in [9.17, 15) is 9.59 Å². The van der Waals surface area contributed by atoms with Crippen molar-refractivity contribution in [2.75, 3.05) is 58.8 Å². The summed E-state index contributed by atoms with van der Waals surface area (Å²) in [5, 5.41) is 0. The zero-order chi connectivity index (χ0) is 19.4.